The number of carbonyl (C=O) groups is 5. The van der Waals surface area contributed by atoms with Gasteiger partial charge in [0.25, 0.3) is 11.7 Å². The van der Waals surface area contributed by atoms with Gasteiger partial charge in [-0.1, -0.05) is 44.6 Å². The molecule has 398 valence electrons. The Morgan fingerprint density at radius 2 is 1.68 bits per heavy atom. The molecule has 0 aromatic carbocycles. The maximum Gasteiger partial charge on any atom is 0.329 e. The van der Waals surface area contributed by atoms with Crippen LogP contribution in [-0.4, -0.2) is 162 Å². The molecule has 0 radical (unpaired) electrons. The Balaban J connectivity index is 1.41. The van der Waals surface area contributed by atoms with E-state index in [1.165, 1.54) is 19.1 Å². The van der Waals surface area contributed by atoms with Gasteiger partial charge in [0, 0.05) is 70.5 Å². The number of amides is 2. The Morgan fingerprint density at radius 1 is 0.944 bits per heavy atom. The third kappa shape index (κ3) is 16.1. The van der Waals surface area contributed by atoms with E-state index in [4.69, 9.17) is 23.7 Å². The summed E-state index contributed by atoms with van der Waals surface area (Å²) in [6.07, 6.45) is 5.43. The maximum absolute atomic E-state index is 14.5. The summed E-state index contributed by atoms with van der Waals surface area (Å²) in [4.78, 5) is 75.5. The molecule has 3 aliphatic heterocycles. The largest absolute Gasteiger partial charge is 0.456 e. The quantitative estimate of drug-likeness (QED) is 0.0658. The smallest absolute Gasteiger partial charge is 0.329 e. The lowest BCUT2D eigenvalue weighted by atomic mass is 9.81. The van der Waals surface area contributed by atoms with Crippen molar-refractivity contribution in [3.8, 4) is 0 Å². The first-order valence-corrected chi connectivity index (χ1v) is 26.8. The number of thioether (sulfide) groups is 1. The molecule has 17 nitrogen and oxygen atoms in total. The lowest BCUT2D eigenvalue weighted by Crippen LogP contribution is -2.64. The highest BCUT2D eigenvalue weighted by atomic mass is 32.2. The van der Waals surface area contributed by atoms with E-state index in [0.29, 0.717) is 81.5 Å². The van der Waals surface area contributed by atoms with Gasteiger partial charge in [-0.05, 0) is 120 Å². The average Bonchev–Trinajstić information content (AvgIpc) is 3.36. The van der Waals surface area contributed by atoms with Gasteiger partial charge in [0.15, 0.2) is 0 Å². The number of aliphatic hydroxyl groups excluding tert-OH is 2. The Morgan fingerprint density at radius 3 is 2.38 bits per heavy atom. The number of allylic oxidation sites excluding steroid dienone is 3. The number of methoxy groups -OCH3 is 3. The number of ketones is 2. The van der Waals surface area contributed by atoms with Gasteiger partial charge in [-0.2, -0.15) is 11.8 Å². The molecular formula is C53H82N4O13S. The van der Waals surface area contributed by atoms with E-state index in [9.17, 15) is 39.3 Å². The molecule has 0 unspecified atom stereocenters. The number of fused-ring (bicyclic) bond motifs is 3. The third-order valence-corrected chi connectivity index (χ3v) is 16.0. The third-order valence-electron chi connectivity index (χ3n) is 14.9. The number of pyridine rings is 1. The van der Waals surface area contributed by atoms with Crippen molar-refractivity contribution in [2.45, 2.75) is 166 Å². The standard InChI is InChI=1S/C53H82N4O13S/c1-32-24-33(2)26-44(67-7)49-45(68-8)28-35(4)53(65,70-49)50(62)51(63)57-21-12-10-15-39(57)52(64)69-48(34(3)27-37-17-18-40(58)43(29-37)66-6)36(5)41(59)30-42(60)38(25-32)14-13-22-71-23-20-55-47(61)31-56-46-16-9-11-19-54-46/h9,11,16,19,25,27,33,35-41,43-45,48-49,58-59,65H,10,12-15,17-18,20-24,26,28-31H2,1-8H3,(H,54,56)(H,55,61)/b32-25+,34-27+/t33-,35+,36+,37-,38+,39-,40+,41-,43+,44-,45-,48+,49+,53+/m0/s1. The Kier molecular flexibility index (Phi) is 23.0. The van der Waals surface area contributed by atoms with E-state index in [-0.39, 0.29) is 62.0 Å². The van der Waals surface area contributed by atoms with Crippen molar-refractivity contribution in [1.82, 2.24) is 15.2 Å². The number of ether oxygens (including phenoxy) is 5. The highest BCUT2D eigenvalue weighted by Crippen LogP contribution is 2.39. The fourth-order valence-electron chi connectivity index (χ4n) is 10.8. The van der Waals surface area contributed by atoms with Crippen molar-refractivity contribution >= 4 is 46.9 Å². The highest BCUT2D eigenvalue weighted by Gasteiger charge is 2.56. The number of carbonyl (C=O) groups excluding carboxylic acids is 5. The molecule has 0 spiro atoms. The van der Waals surface area contributed by atoms with Crippen molar-refractivity contribution in [3.63, 3.8) is 0 Å². The van der Waals surface area contributed by atoms with Crippen LogP contribution < -0.4 is 10.6 Å². The summed E-state index contributed by atoms with van der Waals surface area (Å²) in [6.45, 7) is 9.87. The van der Waals surface area contributed by atoms with E-state index >= 15 is 0 Å². The van der Waals surface area contributed by atoms with E-state index in [1.807, 2.05) is 39.0 Å². The Bertz CT molecular complexity index is 1970. The lowest BCUT2D eigenvalue weighted by molar-refractivity contribution is -0.302. The van der Waals surface area contributed by atoms with Crippen LogP contribution in [0.2, 0.25) is 0 Å². The number of aliphatic hydroxyl groups is 3. The van der Waals surface area contributed by atoms with Crippen LogP contribution >= 0.6 is 11.8 Å². The van der Waals surface area contributed by atoms with Crippen molar-refractivity contribution in [3.05, 3.63) is 47.7 Å². The number of nitrogens with one attached hydrogen (secondary N) is 2. The number of esters is 1. The fraction of sp³-hybridized carbons (Fsp3) is 0.736. The first-order valence-electron chi connectivity index (χ1n) is 25.7. The average molecular weight is 1020 g/mol. The van der Waals surface area contributed by atoms with Gasteiger partial charge in [0.2, 0.25) is 11.7 Å². The van der Waals surface area contributed by atoms with Gasteiger partial charge in [0.05, 0.1) is 37.1 Å². The number of aromatic nitrogens is 1. The van der Waals surface area contributed by atoms with Gasteiger partial charge in [-0.25, -0.2) is 9.78 Å². The molecule has 3 fully saturated rings. The van der Waals surface area contributed by atoms with Gasteiger partial charge in [-0.15, -0.1) is 0 Å². The first kappa shape index (κ1) is 58.1. The van der Waals surface area contributed by atoms with Crippen LogP contribution in [0.25, 0.3) is 0 Å². The molecule has 14 atom stereocenters. The second-order valence-corrected chi connectivity index (χ2v) is 21.6. The zero-order valence-electron chi connectivity index (χ0n) is 43.2. The summed E-state index contributed by atoms with van der Waals surface area (Å²) in [5.41, 5.74) is 1.60. The zero-order valence-corrected chi connectivity index (χ0v) is 44.0. The van der Waals surface area contributed by atoms with E-state index in [2.05, 4.69) is 15.6 Å². The first-order chi connectivity index (χ1) is 33.9. The van der Waals surface area contributed by atoms with E-state index in [1.54, 1.807) is 51.0 Å². The number of piperidine rings is 1. The minimum Gasteiger partial charge on any atom is -0.456 e. The minimum absolute atomic E-state index is 0.0261. The molecule has 2 saturated heterocycles. The summed E-state index contributed by atoms with van der Waals surface area (Å²) < 4.78 is 30.1. The number of hydrogen-bond acceptors (Lipinski definition) is 16. The summed E-state index contributed by atoms with van der Waals surface area (Å²) in [7, 11) is 4.61. The molecule has 4 aliphatic rings. The molecule has 1 aromatic rings. The normalized spacial score (nSPS) is 35.1. The molecule has 4 heterocycles. The Labute approximate surface area is 425 Å². The number of cyclic esters (lactones) is 1. The van der Waals surface area contributed by atoms with Crippen LogP contribution in [0.3, 0.4) is 0 Å². The molecule has 1 saturated carbocycles. The second-order valence-electron chi connectivity index (χ2n) is 20.4. The Hall–Kier alpha value is -3.75. The van der Waals surface area contributed by atoms with Gasteiger partial charge in [-0.3, -0.25) is 19.2 Å². The monoisotopic (exact) mass is 1010 g/mol. The van der Waals surface area contributed by atoms with E-state index < -0.39 is 83.9 Å². The number of nitrogens with zero attached hydrogens (tertiary/aromatic N) is 2. The van der Waals surface area contributed by atoms with Crippen LogP contribution in [0.4, 0.5) is 5.82 Å². The van der Waals surface area contributed by atoms with Gasteiger partial charge >= 0.3 is 5.97 Å². The topological polar surface area (TPSA) is 232 Å². The zero-order chi connectivity index (χ0) is 51.8. The van der Waals surface area contributed by atoms with Crippen LogP contribution in [0, 0.1) is 29.6 Å². The minimum atomic E-state index is -2.54. The van der Waals surface area contributed by atoms with Crippen LogP contribution in [0.15, 0.2) is 47.7 Å². The lowest BCUT2D eigenvalue weighted by Gasteiger charge is -2.47. The number of anilines is 1. The molecule has 5 rings (SSSR count). The van der Waals surface area contributed by atoms with E-state index in [0.717, 1.165) is 11.3 Å². The second kappa shape index (κ2) is 28.1. The number of rotatable bonds is 15. The van der Waals surface area contributed by atoms with Gasteiger partial charge in [0.1, 0.15) is 29.9 Å². The van der Waals surface area contributed by atoms with Crippen molar-refractivity contribution in [1.29, 1.82) is 0 Å². The maximum atomic E-state index is 14.5. The summed E-state index contributed by atoms with van der Waals surface area (Å²) in [5.74, 6) is -6.01. The molecule has 1 aromatic heterocycles. The van der Waals surface area contributed by atoms with Crippen LogP contribution in [-0.2, 0) is 47.7 Å². The predicted octanol–water partition coefficient (Wildman–Crippen LogP) is 5.20. The molecule has 71 heavy (non-hydrogen) atoms. The number of hydrogen-bond donors (Lipinski definition) is 5. The predicted molar refractivity (Wildman–Crippen MR) is 270 cm³/mol. The molecule has 2 amide bonds. The SMILES string of the molecule is CO[C@H]1C[C@@H](C)C/C(C)=C/[C@@H](CCCSCCNC(=O)CNc2ccccn2)C(=O)C[C@H](O)[C@@H](C)[C@@H](/C(C)=C/[C@@H]2CC[C@@H](O)[C@H](OC)C2)OC(=O)[C@@H]2CCCCN2C(=O)C(=O)[C@]2(O)O[C@H]1[C@@H](OC)C[C@H]2C. The fourth-order valence-corrected chi connectivity index (χ4v) is 11.6. The molecule has 5 N–H and O–H groups in total. The number of Topliss-reactive ketones (excluding diaryl/α,β-unsaturated/α-hetero) is 2. The molecular weight excluding hydrogens is 933 g/mol. The summed E-state index contributed by atoms with van der Waals surface area (Å²) >= 11 is 1.68. The van der Waals surface area contributed by atoms with Crippen LogP contribution in [0.1, 0.15) is 112 Å². The summed E-state index contributed by atoms with van der Waals surface area (Å²) in [6, 6.07) is 4.27. The molecule has 2 bridgehead atoms. The van der Waals surface area contributed by atoms with Crippen LogP contribution in [0.5, 0.6) is 0 Å². The van der Waals surface area contributed by atoms with Gasteiger partial charge < -0.3 is 54.5 Å². The molecule has 18 heteroatoms. The summed E-state index contributed by atoms with van der Waals surface area (Å²) in [5, 5.41) is 40.7. The van der Waals surface area contributed by atoms with Crippen molar-refractivity contribution < 1.29 is 63.0 Å². The van der Waals surface area contributed by atoms with Crippen molar-refractivity contribution in [2.75, 3.05) is 57.8 Å². The highest BCUT2D eigenvalue weighted by molar-refractivity contribution is 7.99. The van der Waals surface area contributed by atoms with Crippen molar-refractivity contribution in [2.24, 2.45) is 29.6 Å². The molecule has 1 aliphatic carbocycles.